The maximum atomic E-state index is 12.1. The Balaban J connectivity index is 0.000000902. The Morgan fingerprint density at radius 3 is 2.53 bits per heavy atom. The Kier molecular flexibility index (Phi) is 5.59. The van der Waals surface area contributed by atoms with Crippen molar-refractivity contribution < 1.29 is 4.79 Å². The third kappa shape index (κ3) is 3.38. The van der Waals surface area contributed by atoms with Crippen molar-refractivity contribution in [2.24, 2.45) is 11.3 Å². The van der Waals surface area contributed by atoms with Crippen molar-refractivity contribution in [2.45, 2.75) is 19.3 Å². The van der Waals surface area contributed by atoms with Crippen LogP contribution in [0, 0.1) is 11.3 Å². The number of hydrogen-bond acceptors (Lipinski definition) is 3. The highest BCUT2D eigenvalue weighted by atomic mass is 35.5. The molecule has 2 N–H and O–H groups in total. The fraction of sp³-hybridized carbons (Fsp3) is 0.538. The van der Waals surface area contributed by atoms with E-state index in [-0.39, 0.29) is 36.6 Å². The second kappa shape index (κ2) is 6.55. The number of aromatic nitrogens is 1. The first-order valence-electron chi connectivity index (χ1n) is 6.22. The number of pyridine rings is 1. The summed E-state index contributed by atoms with van der Waals surface area (Å²) in [7, 11) is 0. The molecule has 1 spiro atoms. The zero-order chi connectivity index (χ0) is 11.7. The van der Waals surface area contributed by atoms with Crippen LogP contribution in [0.3, 0.4) is 0 Å². The van der Waals surface area contributed by atoms with Crippen LogP contribution < -0.4 is 10.6 Å². The lowest BCUT2D eigenvalue weighted by molar-refractivity contribution is -0.118. The molecular formula is C13H19Cl2N3O. The van der Waals surface area contributed by atoms with Crippen molar-refractivity contribution in [1.82, 2.24) is 10.3 Å². The Bertz CT molecular complexity index is 421. The van der Waals surface area contributed by atoms with Gasteiger partial charge in [0.25, 0.3) is 0 Å². The number of rotatable bonds is 2. The van der Waals surface area contributed by atoms with Crippen LogP contribution in [-0.2, 0) is 4.79 Å². The summed E-state index contributed by atoms with van der Waals surface area (Å²) in [5, 5.41) is 6.33. The average Bonchev–Trinajstić information content (AvgIpc) is 3.05. The van der Waals surface area contributed by atoms with Gasteiger partial charge in [-0.15, -0.1) is 24.8 Å². The molecule has 1 saturated heterocycles. The second-order valence-electron chi connectivity index (χ2n) is 5.09. The van der Waals surface area contributed by atoms with Crippen molar-refractivity contribution in [3.05, 3.63) is 24.5 Å². The highest BCUT2D eigenvalue weighted by Crippen LogP contribution is 2.58. The van der Waals surface area contributed by atoms with Gasteiger partial charge < -0.3 is 10.6 Å². The largest absolute Gasteiger partial charge is 0.326 e. The van der Waals surface area contributed by atoms with Crippen molar-refractivity contribution in [3.63, 3.8) is 0 Å². The van der Waals surface area contributed by atoms with Crippen LogP contribution in [-0.4, -0.2) is 24.0 Å². The zero-order valence-electron chi connectivity index (χ0n) is 10.6. The predicted octanol–water partition coefficient (Wildman–Crippen LogP) is 2.25. The van der Waals surface area contributed by atoms with Crippen molar-refractivity contribution >= 4 is 36.4 Å². The van der Waals surface area contributed by atoms with Crippen LogP contribution >= 0.6 is 24.8 Å². The highest BCUT2D eigenvalue weighted by Gasteiger charge is 2.57. The number of amides is 1. The average molecular weight is 304 g/mol. The second-order valence-corrected chi connectivity index (χ2v) is 5.09. The van der Waals surface area contributed by atoms with Crippen molar-refractivity contribution in [1.29, 1.82) is 0 Å². The number of carbonyl (C=O) groups is 1. The van der Waals surface area contributed by atoms with Crippen LogP contribution in [0.5, 0.6) is 0 Å². The summed E-state index contributed by atoms with van der Waals surface area (Å²) in [6.45, 7) is 2.11. The molecule has 6 heteroatoms. The highest BCUT2D eigenvalue weighted by molar-refractivity contribution is 5.95. The molecule has 2 aliphatic rings. The van der Waals surface area contributed by atoms with Gasteiger partial charge in [-0.2, -0.15) is 0 Å². The van der Waals surface area contributed by atoms with Crippen LogP contribution in [0.1, 0.15) is 19.3 Å². The number of nitrogens with one attached hydrogen (secondary N) is 2. The molecule has 1 aromatic heterocycles. The standard InChI is InChI=1S/C13H17N3O.2ClH/c17-12(16-10-1-5-14-6-2-10)11-9-13(11)3-7-15-8-4-13;;/h1-2,5-6,11,15H,3-4,7-9H2,(H,14,16,17);2*1H. The maximum absolute atomic E-state index is 12.1. The molecule has 1 aliphatic carbocycles. The summed E-state index contributed by atoms with van der Waals surface area (Å²) in [6, 6.07) is 3.66. The van der Waals surface area contributed by atoms with E-state index in [0.29, 0.717) is 5.41 Å². The quantitative estimate of drug-likeness (QED) is 0.881. The molecule has 2 heterocycles. The number of piperidine rings is 1. The summed E-state index contributed by atoms with van der Waals surface area (Å²) in [4.78, 5) is 16.0. The third-order valence-corrected chi connectivity index (χ3v) is 4.05. The van der Waals surface area contributed by atoms with E-state index in [1.54, 1.807) is 12.4 Å². The Morgan fingerprint density at radius 1 is 1.26 bits per heavy atom. The molecule has 0 aromatic carbocycles. The van der Waals surface area contributed by atoms with Gasteiger partial charge in [0.2, 0.25) is 5.91 Å². The number of hydrogen-bond donors (Lipinski definition) is 2. The van der Waals surface area contributed by atoms with Gasteiger partial charge in [0, 0.05) is 24.0 Å². The van der Waals surface area contributed by atoms with Gasteiger partial charge in [-0.25, -0.2) is 0 Å². The first-order chi connectivity index (χ1) is 8.30. The van der Waals surface area contributed by atoms with Gasteiger partial charge in [0.15, 0.2) is 0 Å². The van der Waals surface area contributed by atoms with Crippen LogP contribution in [0.25, 0.3) is 0 Å². The van der Waals surface area contributed by atoms with Gasteiger partial charge in [-0.1, -0.05) is 0 Å². The lowest BCUT2D eigenvalue weighted by atomic mass is 9.92. The molecule has 1 saturated carbocycles. The molecule has 4 nitrogen and oxygen atoms in total. The lowest BCUT2D eigenvalue weighted by Crippen LogP contribution is -2.31. The molecule has 0 bridgehead atoms. The van der Waals surface area contributed by atoms with E-state index in [4.69, 9.17) is 0 Å². The first-order valence-corrected chi connectivity index (χ1v) is 6.22. The minimum atomic E-state index is 0. The van der Waals surface area contributed by atoms with E-state index < -0.39 is 0 Å². The lowest BCUT2D eigenvalue weighted by Gasteiger charge is -2.23. The molecule has 19 heavy (non-hydrogen) atoms. The minimum Gasteiger partial charge on any atom is -0.326 e. The van der Waals surface area contributed by atoms with E-state index in [0.717, 1.165) is 38.0 Å². The summed E-state index contributed by atoms with van der Waals surface area (Å²) >= 11 is 0. The molecule has 0 radical (unpaired) electrons. The molecule has 3 rings (SSSR count). The molecule has 1 amide bonds. The molecule has 1 aliphatic heterocycles. The third-order valence-electron chi connectivity index (χ3n) is 4.05. The summed E-state index contributed by atoms with van der Waals surface area (Å²) in [5.41, 5.74) is 1.16. The number of anilines is 1. The van der Waals surface area contributed by atoms with Gasteiger partial charge in [0.05, 0.1) is 0 Å². The van der Waals surface area contributed by atoms with Crippen molar-refractivity contribution in [3.8, 4) is 0 Å². The number of carbonyl (C=O) groups excluding carboxylic acids is 1. The molecule has 2 fully saturated rings. The topological polar surface area (TPSA) is 54.0 Å². The van der Waals surface area contributed by atoms with Gasteiger partial charge >= 0.3 is 0 Å². The number of halogens is 2. The fourth-order valence-electron chi connectivity index (χ4n) is 2.86. The van der Waals surface area contributed by atoms with E-state index >= 15 is 0 Å². The Hall–Kier alpha value is -0.840. The van der Waals surface area contributed by atoms with Crippen molar-refractivity contribution in [2.75, 3.05) is 18.4 Å². The SMILES string of the molecule is Cl.Cl.O=C(Nc1ccncc1)C1CC12CCNCC2. The minimum absolute atomic E-state index is 0. The van der Waals surface area contributed by atoms with Gasteiger partial charge in [-0.3, -0.25) is 9.78 Å². The van der Waals surface area contributed by atoms with E-state index in [1.807, 2.05) is 12.1 Å². The Morgan fingerprint density at radius 2 is 1.89 bits per heavy atom. The van der Waals surface area contributed by atoms with E-state index in [9.17, 15) is 4.79 Å². The Labute approximate surface area is 125 Å². The van der Waals surface area contributed by atoms with Crippen LogP contribution in [0.4, 0.5) is 5.69 Å². The predicted molar refractivity (Wildman–Crippen MR) is 80.0 cm³/mol. The van der Waals surface area contributed by atoms with E-state index in [1.165, 1.54) is 0 Å². The number of nitrogens with zero attached hydrogens (tertiary/aromatic N) is 1. The normalized spacial score (nSPS) is 22.8. The molecule has 106 valence electrons. The fourth-order valence-corrected chi connectivity index (χ4v) is 2.86. The van der Waals surface area contributed by atoms with E-state index in [2.05, 4.69) is 15.6 Å². The van der Waals surface area contributed by atoms with Crippen LogP contribution in [0.2, 0.25) is 0 Å². The van der Waals surface area contributed by atoms with Gasteiger partial charge in [0.1, 0.15) is 0 Å². The summed E-state index contributed by atoms with van der Waals surface area (Å²) < 4.78 is 0. The maximum Gasteiger partial charge on any atom is 0.228 e. The van der Waals surface area contributed by atoms with Crippen LogP contribution in [0.15, 0.2) is 24.5 Å². The zero-order valence-corrected chi connectivity index (χ0v) is 12.2. The monoisotopic (exact) mass is 303 g/mol. The molecule has 1 unspecified atom stereocenters. The molecular weight excluding hydrogens is 285 g/mol. The molecule has 1 aromatic rings. The van der Waals surface area contributed by atoms with Gasteiger partial charge in [-0.05, 0) is 49.9 Å². The molecule has 1 atom stereocenters. The summed E-state index contributed by atoms with van der Waals surface area (Å²) in [6.07, 6.45) is 6.74. The first kappa shape index (κ1) is 16.2. The summed E-state index contributed by atoms with van der Waals surface area (Å²) in [5.74, 6) is 0.399. The smallest absolute Gasteiger partial charge is 0.228 e.